The van der Waals surface area contributed by atoms with Crippen molar-refractivity contribution in [3.05, 3.63) is 11.4 Å². The van der Waals surface area contributed by atoms with Crippen molar-refractivity contribution in [1.29, 1.82) is 0 Å². The maximum Gasteiger partial charge on any atom is 0.227 e. The van der Waals surface area contributed by atoms with Crippen molar-refractivity contribution in [2.75, 3.05) is 50.2 Å². The molecule has 2 aliphatic rings. The van der Waals surface area contributed by atoms with Gasteiger partial charge in [-0.25, -0.2) is 4.98 Å². The van der Waals surface area contributed by atoms with E-state index in [4.69, 9.17) is 14.7 Å². The lowest BCUT2D eigenvalue weighted by Gasteiger charge is -2.33. The molecule has 7 heteroatoms. The summed E-state index contributed by atoms with van der Waals surface area (Å²) in [5.41, 5.74) is 1.06. The Morgan fingerprint density at radius 2 is 2.16 bits per heavy atom. The summed E-state index contributed by atoms with van der Waals surface area (Å²) in [5.74, 6) is 1.95. The number of fused-ring (bicyclic) bond motifs is 1. The van der Waals surface area contributed by atoms with Gasteiger partial charge < -0.3 is 19.9 Å². The van der Waals surface area contributed by atoms with E-state index in [0.717, 1.165) is 56.4 Å². The Kier molecular flexibility index (Phi) is 5.05. The number of thiophene rings is 1. The predicted octanol–water partition coefficient (Wildman–Crippen LogP) is 2.49. The lowest BCUT2D eigenvalue weighted by Crippen LogP contribution is -2.42. The largest absolute Gasteiger partial charge is 0.383 e. The normalized spacial score (nSPS) is 22.0. The van der Waals surface area contributed by atoms with Crippen LogP contribution >= 0.6 is 11.3 Å². The molecule has 6 nitrogen and oxygen atoms in total. The molecule has 4 rings (SSSR count). The van der Waals surface area contributed by atoms with Gasteiger partial charge in [0.1, 0.15) is 0 Å². The van der Waals surface area contributed by atoms with Gasteiger partial charge >= 0.3 is 0 Å². The minimum Gasteiger partial charge on any atom is -0.383 e. The summed E-state index contributed by atoms with van der Waals surface area (Å²) in [7, 11) is 3.93. The second-order valence-corrected chi connectivity index (χ2v) is 7.94. The third-order valence-electron chi connectivity index (χ3n) is 5.45. The summed E-state index contributed by atoms with van der Waals surface area (Å²) >= 11 is 1.74. The molecule has 2 saturated heterocycles. The van der Waals surface area contributed by atoms with E-state index in [-0.39, 0.29) is 0 Å². The third kappa shape index (κ3) is 3.32. The minimum absolute atomic E-state index is 0.419. The first kappa shape index (κ1) is 17.0. The van der Waals surface area contributed by atoms with E-state index in [0.29, 0.717) is 12.1 Å². The summed E-state index contributed by atoms with van der Waals surface area (Å²) in [5, 5.41) is 5.56. The number of rotatable bonds is 5. The first-order valence-electron chi connectivity index (χ1n) is 9.22. The van der Waals surface area contributed by atoms with Crippen LogP contribution in [0.2, 0.25) is 0 Å². The van der Waals surface area contributed by atoms with E-state index >= 15 is 0 Å². The molecule has 0 bridgehead atoms. The maximum absolute atomic E-state index is 5.44. The van der Waals surface area contributed by atoms with Crippen LogP contribution in [-0.2, 0) is 4.74 Å². The molecule has 2 fully saturated rings. The second kappa shape index (κ2) is 7.43. The van der Waals surface area contributed by atoms with Crippen molar-refractivity contribution in [1.82, 2.24) is 15.3 Å². The van der Waals surface area contributed by atoms with Gasteiger partial charge in [-0.2, -0.15) is 4.98 Å². The molecule has 2 aromatic rings. The summed E-state index contributed by atoms with van der Waals surface area (Å²) in [6, 6.07) is 3.05. The average molecular weight is 362 g/mol. The number of methoxy groups -OCH3 is 1. The number of hydrogen-bond acceptors (Lipinski definition) is 7. The minimum atomic E-state index is 0.419. The standard InChI is InChI=1S/C18H27N5OS/c1-22(13-5-8-19-9-6-13)18-20-15-7-11-25-16(15)17(21-18)23-10-3-4-14(23)12-24-2/h7,11,13-14,19H,3-6,8-10,12H2,1-2H3/t14-/m0/s1. The first-order chi connectivity index (χ1) is 12.3. The third-order valence-corrected chi connectivity index (χ3v) is 6.35. The van der Waals surface area contributed by atoms with E-state index in [2.05, 4.69) is 33.6 Å². The topological polar surface area (TPSA) is 53.5 Å². The number of nitrogens with zero attached hydrogens (tertiary/aromatic N) is 4. The van der Waals surface area contributed by atoms with E-state index < -0.39 is 0 Å². The van der Waals surface area contributed by atoms with Crippen LogP contribution in [-0.4, -0.2) is 62.5 Å². The molecular formula is C18H27N5OS. The zero-order valence-corrected chi connectivity index (χ0v) is 15.9. The molecule has 0 radical (unpaired) electrons. The molecule has 2 aromatic heterocycles. The number of aromatic nitrogens is 2. The first-order valence-corrected chi connectivity index (χ1v) is 10.1. The van der Waals surface area contributed by atoms with E-state index in [9.17, 15) is 0 Å². The number of anilines is 2. The van der Waals surface area contributed by atoms with Gasteiger partial charge in [-0.3, -0.25) is 0 Å². The Morgan fingerprint density at radius 1 is 1.32 bits per heavy atom. The lowest BCUT2D eigenvalue weighted by molar-refractivity contribution is 0.180. The average Bonchev–Trinajstić information content (AvgIpc) is 3.30. The van der Waals surface area contributed by atoms with Crippen LogP contribution in [0.3, 0.4) is 0 Å². The Bertz CT molecular complexity index is 715. The predicted molar refractivity (Wildman–Crippen MR) is 104 cm³/mol. The Labute approximate surface area is 153 Å². The van der Waals surface area contributed by atoms with Crippen molar-refractivity contribution in [3.63, 3.8) is 0 Å². The zero-order chi connectivity index (χ0) is 17.2. The molecule has 1 atom stereocenters. The fraction of sp³-hybridized carbons (Fsp3) is 0.667. The van der Waals surface area contributed by atoms with Crippen LogP contribution in [0.1, 0.15) is 25.7 Å². The fourth-order valence-electron chi connectivity index (χ4n) is 4.03. The molecule has 1 N–H and O–H groups in total. The summed E-state index contributed by atoms with van der Waals surface area (Å²) in [6.07, 6.45) is 4.66. The van der Waals surface area contributed by atoms with Gasteiger partial charge in [-0.05, 0) is 50.2 Å². The van der Waals surface area contributed by atoms with E-state index in [1.165, 1.54) is 17.5 Å². The Hall–Kier alpha value is -1.44. The van der Waals surface area contributed by atoms with Crippen molar-refractivity contribution in [2.45, 2.75) is 37.8 Å². The monoisotopic (exact) mass is 361 g/mol. The molecule has 4 heterocycles. The summed E-state index contributed by atoms with van der Waals surface area (Å²) in [4.78, 5) is 14.6. The van der Waals surface area contributed by atoms with E-state index in [1.807, 2.05) is 0 Å². The Balaban J connectivity index is 1.69. The number of ether oxygens (including phenoxy) is 1. The highest BCUT2D eigenvalue weighted by Gasteiger charge is 2.29. The van der Waals surface area contributed by atoms with Gasteiger partial charge in [-0.15, -0.1) is 11.3 Å². The second-order valence-electron chi connectivity index (χ2n) is 7.02. The maximum atomic E-state index is 5.44. The van der Waals surface area contributed by atoms with Crippen molar-refractivity contribution < 1.29 is 4.74 Å². The smallest absolute Gasteiger partial charge is 0.227 e. The highest BCUT2D eigenvalue weighted by atomic mass is 32.1. The highest BCUT2D eigenvalue weighted by molar-refractivity contribution is 7.17. The van der Waals surface area contributed by atoms with Crippen LogP contribution in [0.4, 0.5) is 11.8 Å². The lowest BCUT2D eigenvalue weighted by atomic mass is 10.1. The Morgan fingerprint density at radius 3 is 2.96 bits per heavy atom. The number of piperidine rings is 1. The van der Waals surface area contributed by atoms with Gasteiger partial charge in [0, 0.05) is 26.7 Å². The molecule has 0 saturated carbocycles. The van der Waals surface area contributed by atoms with Gasteiger partial charge in [0.15, 0.2) is 5.82 Å². The van der Waals surface area contributed by atoms with Gasteiger partial charge in [0.05, 0.1) is 22.9 Å². The van der Waals surface area contributed by atoms with Crippen molar-refractivity contribution in [3.8, 4) is 0 Å². The highest BCUT2D eigenvalue weighted by Crippen LogP contribution is 2.35. The molecule has 0 aliphatic carbocycles. The van der Waals surface area contributed by atoms with Crippen molar-refractivity contribution in [2.24, 2.45) is 0 Å². The van der Waals surface area contributed by atoms with Gasteiger partial charge in [-0.1, -0.05) is 0 Å². The molecule has 25 heavy (non-hydrogen) atoms. The quantitative estimate of drug-likeness (QED) is 0.883. The number of nitrogens with one attached hydrogen (secondary N) is 1. The van der Waals surface area contributed by atoms with Crippen LogP contribution in [0.15, 0.2) is 11.4 Å². The molecule has 0 amide bonds. The summed E-state index contributed by atoms with van der Waals surface area (Å²) < 4.78 is 6.64. The molecule has 0 spiro atoms. The summed E-state index contributed by atoms with van der Waals surface area (Å²) in [6.45, 7) is 3.96. The molecule has 0 unspecified atom stereocenters. The SMILES string of the molecule is COC[C@@H]1CCCN1c1nc(N(C)C2CCNCC2)nc2ccsc12. The van der Waals surface area contributed by atoms with Crippen LogP contribution < -0.4 is 15.1 Å². The molecule has 136 valence electrons. The fourth-order valence-corrected chi connectivity index (χ4v) is 4.86. The van der Waals surface area contributed by atoms with Gasteiger partial charge in [0.2, 0.25) is 5.95 Å². The van der Waals surface area contributed by atoms with Crippen LogP contribution in [0.5, 0.6) is 0 Å². The van der Waals surface area contributed by atoms with E-state index in [1.54, 1.807) is 18.4 Å². The molecule has 2 aliphatic heterocycles. The van der Waals surface area contributed by atoms with Crippen molar-refractivity contribution >= 4 is 33.3 Å². The van der Waals surface area contributed by atoms with Gasteiger partial charge in [0.25, 0.3) is 0 Å². The zero-order valence-electron chi connectivity index (χ0n) is 15.1. The van der Waals surface area contributed by atoms with Crippen LogP contribution in [0.25, 0.3) is 10.2 Å². The molecule has 0 aromatic carbocycles. The molecular weight excluding hydrogens is 334 g/mol. The number of hydrogen-bond donors (Lipinski definition) is 1. The van der Waals surface area contributed by atoms with Crippen LogP contribution in [0, 0.1) is 0 Å².